The van der Waals surface area contributed by atoms with Gasteiger partial charge in [0.2, 0.25) is 0 Å². The van der Waals surface area contributed by atoms with Gasteiger partial charge < -0.3 is 14.6 Å². The van der Waals surface area contributed by atoms with Crippen molar-refractivity contribution in [2.75, 3.05) is 13.2 Å². The van der Waals surface area contributed by atoms with Gasteiger partial charge in [-0.25, -0.2) is 8.78 Å². The smallest absolute Gasteiger partial charge is 0.318 e. The van der Waals surface area contributed by atoms with Crippen LogP contribution in [0.15, 0.2) is 24.3 Å². The molecule has 0 aliphatic carbocycles. The van der Waals surface area contributed by atoms with Crippen molar-refractivity contribution in [3.63, 3.8) is 0 Å². The Labute approximate surface area is 148 Å². The molecule has 0 radical (unpaired) electrons. The van der Waals surface area contributed by atoms with Gasteiger partial charge in [0.05, 0.1) is 13.2 Å². The van der Waals surface area contributed by atoms with E-state index in [2.05, 4.69) is 0 Å². The zero-order valence-corrected chi connectivity index (χ0v) is 15.5. The molecule has 1 aromatic carbocycles. The van der Waals surface area contributed by atoms with Gasteiger partial charge in [-0.3, -0.25) is 4.79 Å². The fourth-order valence-corrected chi connectivity index (χ4v) is 2.66. The molecular formula is C19H28F2O4. The Kier molecular flexibility index (Phi) is 7.80. The molecule has 0 saturated carbocycles. The molecule has 1 aromatic rings. The number of alkyl halides is 2. The maximum Gasteiger partial charge on any atom is 0.318 e. The van der Waals surface area contributed by atoms with E-state index in [1.807, 2.05) is 13.8 Å². The highest BCUT2D eigenvalue weighted by atomic mass is 19.3. The lowest BCUT2D eigenvalue weighted by atomic mass is 9.73. The third kappa shape index (κ3) is 5.14. The predicted octanol–water partition coefficient (Wildman–Crippen LogP) is 4.01. The van der Waals surface area contributed by atoms with Crippen LogP contribution in [-0.2, 0) is 15.1 Å². The summed E-state index contributed by atoms with van der Waals surface area (Å²) in [6.45, 7) is 9.25. The standard InChI is InChI=1S/C19H28F2O4/c1-6-24-18(22)16(17(20)21)19(23,13(4)5)14-7-9-15(10-8-14)25-11-12(2)3/h7-10,12-13,16-17,23H,6,11H2,1-5H3. The number of esters is 1. The number of hydrogen-bond donors (Lipinski definition) is 1. The van der Waals surface area contributed by atoms with E-state index < -0.39 is 29.8 Å². The second-order valence-electron chi connectivity index (χ2n) is 6.77. The molecule has 0 aliphatic heterocycles. The number of aliphatic hydroxyl groups is 1. The van der Waals surface area contributed by atoms with Crippen LogP contribution in [0.2, 0.25) is 0 Å². The quantitative estimate of drug-likeness (QED) is 0.678. The first kappa shape index (κ1) is 21.4. The molecular weight excluding hydrogens is 330 g/mol. The van der Waals surface area contributed by atoms with E-state index in [4.69, 9.17) is 9.47 Å². The van der Waals surface area contributed by atoms with Crippen LogP contribution in [0.1, 0.15) is 40.2 Å². The summed E-state index contributed by atoms with van der Waals surface area (Å²) in [6, 6.07) is 6.26. The maximum absolute atomic E-state index is 13.6. The van der Waals surface area contributed by atoms with Gasteiger partial charge in [-0.1, -0.05) is 39.8 Å². The summed E-state index contributed by atoms with van der Waals surface area (Å²) >= 11 is 0. The zero-order chi connectivity index (χ0) is 19.2. The molecule has 0 heterocycles. The zero-order valence-electron chi connectivity index (χ0n) is 15.5. The van der Waals surface area contributed by atoms with Crippen molar-refractivity contribution >= 4 is 5.97 Å². The second-order valence-corrected chi connectivity index (χ2v) is 6.77. The van der Waals surface area contributed by atoms with E-state index in [1.54, 1.807) is 26.0 Å². The molecule has 0 amide bonds. The first-order chi connectivity index (χ1) is 11.6. The molecule has 0 fully saturated rings. The Balaban J connectivity index is 3.20. The van der Waals surface area contributed by atoms with Gasteiger partial charge in [0.1, 0.15) is 11.4 Å². The van der Waals surface area contributed by atoms with Crippen LogP contribution in [0.3, 0.4) is 0 Å². The third-order valence-electron chi connectivity index (χ3n) is 4.05. The van der Waals surface area contributed by atoms with Crippen molar-refractivity contribution in [2.24, 2.45) is 17.8 Å². The van der Waals surface area contributed by atoms with Crippen LogP contribution in [0, 0.1) is 17.8 Å². The van der Waals surface area contributed by atoms with Crippen molar-refractivity contribution in [3.8, 4) is 5.75 Å². The molecule has 0 aromatic heterocycles. The molecule has 0 spiro atoms. The van der Waals surface area contributed by atoms with Gasteiger partial charge in [0.25, 0.3) is 6.43 Å². The number of halogens is 2. The summed E-state index contributed by atoms with van der Waals surface area (Å²) < 4.78 is 37.6. The van der Waals surface area contributed by atoms with Gasteiger partial charge in [-0.2, -0.15) is 0 Å². The third-order valence-corrected chi connectivity index (χ3v) is 4.05. The van der Waals surface area contributed by atoms with Gasteiger partial charge in [-0.15, -0.1) is 0 Å². The Morgan fingerprint density at radius 2 is 1.72 bits per heavy atom. The van der Waals surface area contributed by atoms with Crippen molar-refractivity contribution in [3.05, 3.63) is 29.8 Å². The van der Waals surface area contributed by atoms with Crippen LogP contribution in [0.4, 0.5) is 8.78 Å². The Morgan fingerprint density at radius 3 is 2.12 bits per heavy atom. The van der Waals surface area contributed by atoms with Gasteiger partial charge >= 0.3 is 5.97 Å². The molecule has 2 atom stereocenters. The molecule has 4 nitrogen and oxygen atoms in total. The lowest BCUT2D eigenvalue weighted by Crippen LogP contribution is -2.48. The minimum absolute atomic E-state index is 0.0296. The molecule has 0 aliphatic rings. The fraction of sp³-hybridized carbons (Fsp3) is 0.632. The summed E-state index contributed by atoms with van der Waals surface area (Å²) in [4.78, 5) is 12.1. The molecule has 1 N–H and O–H groups in total. The minimum atomic E-state index is -3.05. The molecule has 2 unspecified atom stereocenters. The highest BCUT2D eigenvalue weighted by Gasteiger charge is 2.51. The van der Waals surface area contributed by atoms with E-state index in [-0.39, 0.29) is 12.2 Å². The van der Waals surface area contributed by atoms with E-state index in [1.165, 1.54) is 19.1 Å². The van der Waals surface area contributed by atoms with Crippen LogP contribution >= 0.6 is 0 Å². The normalized spacial score (nSPS) is 15.3. The van der Waals surface area contributed by atoms with Gasteiger partial charge in [0, 0.05) is 0 Å². The van der Waals surface area contributed by atoms with Crippen molar-refractivity contribution in [1.82, 2.24) is 0 Å². The number of carbonyl (C=O) groups excluding carboxylic acids is 1. The summed E-state index contributed by atoms with van der Waals surface area (Å²) in [5, 5.41) is 11.1. The molecule has 0 saturated heterocycles. The summed E-state index contributed by atoms with van der Waals surface area (Å²) in [5.41, 5.74) is -1.81. The summed E-state index contributed by atoms with van der Waals surface area (Å²) in [6.07, 6.45) is -3.05. The molecule has 6 heteroatoms. The van der Waals surface area contributed by atoms with Crippen molar-refractivity contribution in [2.45, 2.75) is 46.6 Å². The lowest BCUT2D eigenvalue weighted by Gasteiger charge is -2.38. The van der Waals surface area contributed by atoms with E-state index >= 15 is 0 Å². The summed E-state index contributed by atoms with van der Waals surface area (Å²) in [5.74, 6) is -2.77. The van der Waals surface area contributed by atoms with E-state index in [0.29, 0.717) is 18.3 Å². The van der Waals surface area contributed by atoms with Gasteiger partial charge in [0.15, 0.2) is 5.92 Å². The lowest BCUT2D eigenvalue weighted by molar-refractivity contribution is -0.178. The van der Waals surface area contributed by atoms with E-state index in [9.17, 15) is 18.7 Å². The summed E-state index contributed by atoms with van der Waals surface area (Å²) in [7, 11) is 0. The maximum atomic E-state index is 13.6. The monoisotopic (exact) mass is 358 g/mol. The number of ether oxygens (including phenoxy) is 2. The molecule has 25 heavy (non-hydrogen) atoms. The van der Waals surface area contributed by atoms with Gasteiger partial charge in [-0.05, 0) is 36.5 Å². The first-order valence-electron chi connectivity index (χ1n) is 8.55. The average Bonchev–Trinajstić information content (AvgIpc) is 2.53. The molecule has 142 valence electrons. The first-order valence-corrected chi connectivity index (χ1v) is 8.55. The Hall–Kier alpha value is -1.69. The van der Waals surface area contributed by atoms with Crippen molar-refractivity contribution in [1.29, 1.82) is 0 Å². The molecule has 1 rings (SSSR count). The highest BCUT2D eigenvalue weighted by Crippen LogP contribution is 2.41. The van der Waals surface area contributed by atoms with Crippen LogP contribution in [-0.4, -0.2) is 30.7 Å². The van der Waals surface area contributed by atoms with Crippen LogP contribution in [0.5, 0.6) is 5.75 Å². The van der Waals surface area contributed by atoms with Crippen LogP contribution < -0.4 is 4.74 Å². The second kappa shape index (κ2) is 9.13. The Bertz CT molecular complexity index is 543. The van der Waals surface area contributed by atoms with Crippen molar-refractivity contribution < 1.29 is 28.2 Å². The minimum Gasteiger partial charge on any atom is -0.493 e. The SMILES string of the molecule is CCOC(=O)C(C(F)F)C(O)(c1ccc(OCC(C)C)cc1)C(C)C. The topological polar surface area (TPSA) is 55.8 Å². The fourth-order valence-electron chi connectivity index (χ4n) is 2.66. The number of rotatable bonds is 9. The largest absolute Gasteiger partial charge is 0.493 e. The number of benzene rings is 1. The number of carbonyl (C=O) groups is 1. The number of hydrogen-bond acceptors (Lipinski definition) is 4. The Morgan fingerprint density at radius 1 is 1.16 bits per heavy atom. The predicted molar refractivity (Wildman–Crippen MR) is 91.6 cm³/mol. The highest BCUT2D eigenvalue weighted by molar-refractivity contribution is 5.75. The van der Waals surface area contributed by atoms with E-state index in [0.717, 1.165) is 0 Å². The van der Waals surface area contributed by atoms with Crippen LogP contribution in [0.25, 0.3) is 0 Å². The average molecular weight is 358 g/mol. The molecule has 0 bridgehead atoms.